The summed E-state index contributed by atoms with van der Waals surface area (Å²) in [5.74, 6) is 0. The van der Waals surface area contributed by atoms with E-state index >= 15 is 0 Å². The smallest absolute Gasteiger partial charge is 0.189 e. The molecule has 1 fully saturated rings. The van der Waals surface area contributed by atoms with E-state index in [1.165, 1.54) is 14.0 Å². The molecule has 1 heterocycles. The molecule has 6 nitrogen and oxygen atoms in total. The molecule has 0 aromatic heterocycles. The Morgan fingerprint density at radius 1 is 1.19 bits per heavy atom. The van der Waals surface area contributed by atoms with Crippen molar-refractivity contribution in [3.63, 3.8) is 0 Å². The predicted octanol–water partition coefficient (Wildman–Crippen LogP) is 0.0489. The highest BCUT2D eigenvalue weighted by Gasteiger charge is 2.62. The summed E-state index contributed by atoms with van der Waals surface area (Å²) in [7, 11) is 1.39. The van der Waals surface area contributed by atoms with Gasteiger partial charge in [-0.05, 0) is 12.5 Å². The molecule has 1 aromatic carbocycles. The van der Waals surface area contributed by atoms with E-state index in [4.69, 9.17) is 14.2 Å². The van der Waals surface area contributed by atoms with Gasteiger partial charge in [0.25, 0.3) is 0 Å². The minimum atomic E-state index is -1.49. The molecular weight excluding hydrogens is 276 g/mol. The third kappa shape index (κ3) is 2.96. The topological polar surface area (TPSA) is 88.4 Å². The molecule has 0 saturated carbocycles. The molecule has 21 heavy (non-hydrogen) atoms. The zero-order valence-electron chi connectivity index (χ0n) is 12.2. The van der Waals surface area contributed by atoms with Crippen LogP contribution in [0.2, 0.25) is 0 Å². The van der Waals surface area contributed by atoms with E-state index in [1.54, 1.807) is 0 Å². The van der Waals surface area contributed by atoms with Gasteiger partial charge in [-0.25, -0.2) is 0 Å². The van der Waals surface area contributed by atoms with Crippen LogP contribution in [0.1, 0.15) is 12.5 Å². The first kappa shape index (κ1) is 16.4. The Morgan fingerprint density at radius 3 is 2.33 bits per heavy atom. The predicted molar refractivity (Wildman–Crippen MR) is 74.4 cm³/mol. The van der Waals surface area contributed by atoms with Crippen LogP contribution in [0.25, 0.3) is 0 Å². The summed E-state index contributed by atoms with van der Waals surface area (Å²) in [5.41, 5.74) is -1.98. The Morgan fingerprint density at radius 2 is 1.81 bits per heavy atom. The van der Waals surface area contributed by atoms with Gasteiger partial charge < -0.3 is 29.5 Å². The van der Waals surface area contributed by atoms with Gasteiger partial charge in [0, 0.05) is 7.11 Å². The molecule has 3 N–H and O–H groups in total. The van der Waals surface area contributed by atoms with E-state index in [2.05, 4.69) is 0 Å². The highest BCUT2D eigenvalue weighted by molar-refractivity contribution is 5.14. The van der Waals surface area contributed by atoms with Gasteiger partial charge in [0.15, 0.2) is 6.29 Å². The van der Waals surface area contributed by atoms with Crippen molar-refractivity contribution in [1.29, 1.82) is 0 Å². The van der Waals surface area contributed by atoms with Crippen molar-refractivity contribution in [2.75, 3.05) is 20.3 Å². The van der Waals surface area contributed by atoms with Crippen LogP contribution in [0, 0.1) is 0 Å². The van der Waals surface area contributed by atoms with Crippen molar-refractivity contribution < 1.29 is 29.5 Å². The van der Waals surface area contributed by atoms with Crippen molar-refractivity contribution in [2.45, 2.75) is 37.1 Å². The van der Waals surface area contributed by atoms with Gasteiger partial charge in [-0.3, -0.25) is 0 Å². The lowest BCUT2D eigenvalue weighted by atomic mass is 9.88. The Kier molecular flexibility index (Phi) is 4.98. The number of ether oxygens (including phenoxy) is 3. The van der Waals surface area contributed by atoms with Crippen LogP contribution in [-0.2, 0) is 20.8 Å². The second-order valence-corrected chi connectivity index (χ2v) is 5.47. The van der Waals surface area contributed by atoms with Gasteiger partial charge >= 0.3 is 0 Å². The van der Waals surface area contributed by atoms with Crippen LogP contribution in [0.3, 0.4) is 0 Å². The van der Waals surface area contributed by atoms with Crippen LogP contribution in [0.4, 0.5) is 0 Å². The van der Waals surface area contributed by atoms with E-state index in [9.17, 15) is 15.3 Å². The van der Waals surface area contributed by atoms with Gasteiger partial charge in [0.2, 0.25) is 0 Å². The van der Waals surface area contributed by atoms with E-state index < -0.39 is 36.8 Å². The molecule has 1 aliphatic heterocycles. The van der Waals surface area contributed by atoms with Crippen molar-refractivity contribution >= 4 is 0 Å². The molecule has 0 spiro atoms. The molecule has 0 radical (unpaired) electrons. The number of hydrogen-bond acceptors (Lipinski definition) is 6. The molecule has 1 unspecified atom stereocenters. The molecule has 0 aliphatic carbocycles. The molecule has 1 aliphatic rings. The lowest BCUT2D eigenvalue weighted by Crippen LogP contribution is -2.55. The fraction of sp³-hybridized carbons (Fsp3) is 0.600. The largest absolute Gasteiger partial charge is 0.393 e. The van der Waals surface area contributed by atoms with E-state index in [1.807, 2.05) is 30.3 Å². The first-order valence-corrected chi connectivity index (χ1v) is 6.80. The van der Waals surface area contributed by atoms with Gasteiger partial charge in [0.05, 0.1) is 19.8 Å². The van der Waals surface area contributed by atoms with Crippen LogP contribution >= 0.6 is 0 Å². The quantitative estimate of drug-likeness (QED) is 0.688. The molecule has 118 valence electrons. The molecule has 0 amide bonds. The summed E-state index contributed by atoms with van der Waals surface area (Å²) >= 11 is 0. The van der Waals surface area contributed by atoms with Crippen molar-refractivity contribution in [3.05, 3.63) is 35.9 Å². The maximum atomic E-state index is 10.6. The third-order valence-electron chi connectivity index (χ3n) is 3.84. The lowest BCUT2D eigenvalue weighted by molar-refractivity contribution is -0.212. The van der Waals surface area contributed by atoms with Crippen molar-refractivity contribution in [2.24, 2.45) is 0 Å². The van der Waals surface area contributed by atoms with Gasteiger partial charge in [-0.1, -0.05) is 30.3 Å². The average Bonchev–Trinajstić information content (AvgIpc) is 2.73. The summed E-state index contributed by atoms with van der Waals surface area (Å²) in [6.07, 6.45) is -1.91. The van der Waals surface area contributed by atoms with Gasteiger partial charge in [-0.15, -0.1) is 0 Å². The molecule has 0 bridgehead atoms. The fourth-order valence-corrected chi connectivity index (χ4v) is 2.70. The van der Waals surface area contributed by atoms with Gasteiger partial charge in [-0.2, -0.15) is 0 Å². The molecule has 1 aromatic rings. The normalized spacial score (nSPS) is 31.5. The van der Waals surface area contributed by atoms with Crippen LogP contribution in [0.15, 0.2) is 30.3 Å². The monoisotopic (exact) mass is 298 g/mol. The van der Waals surface area contributed by atoms with Crippen molar-refractivity contribution in [3.8, 4) is 0 Å². The maximum absolute atomic E-state index is 10.6. The lowest BCUT2D eigenvalue weighted by Gasteiger charge is -2.34. The zero-order chi connectivity index (χ0) is 15.5. The molecular formula is C15H22O6. The summed E-state index contributed by atoms with van der Waals surface area (Å²) in [6.45, 7) is 0.755. The molecule has 1 saturated heterocycles. The highest BCUT2D eigenvalue weighted by Crippen LogP contribution is 2.40. The van der Waals surface area contributed by atoms with E-state index in [0.29, 0.717) is 0 Å². The van der Waals surface area contributed by atoms with Crippen LogP contribution < -0.4 is 0 Å². The summed E-state index contributed by atoms with van der Waals surface area (Å²) in [4.78, 5) is 0. The Balaban J connectivity index is 2.19. The number of methoxy groups -OCH3 is 1. The Hall–Kier alpha value is -1.02. The maximum Gasteiger partial charge on any atom is 0.189 e. The molecule has 3 atom stereocenters. The second kappa shape index (κ2) is 6.39. The minimum Gasteiger partial charge on any atom is -0.393 e. The standard InChI is InChI=1S/C15H22O6/c1-14(18)12(20-8-11-6-4-3-5-7-11)15(9-16,10-17)21-13(14)19-2/h3-7,12-13,16-18H,8-10H2,1-2H3/t12-,13-,14?/m0/s1. The summed E-state index contributed by atoms with van der Waals surface area (Å²) in [5, 5.41) is 29.8. The first-order valence-electron chi connectivity index (χ1n) is 6.80. The minimum absolute atomic E-state index is 0.225. The average molecular weight is 298 g/mol. The van der Waals surface area contributed by atoms with Gasteiger partial charge in [0.1, 0.15) is 17.3 Å². The number of benzene rings is 1. The second-order valence-electron chi connectivity index (χ2n) is 5.47. The number of hydrogen-bond donors (Lipinski definition) is 3. The Labute approximate surface area is 123 Å². The summed E-state index contributed by atoms with van der Waals surface area (Å²) < 4.78 is 16.4. The molecule has 6 heteroatoms. The van der Waals surface area contributed by atoms with Crippen LogP contribution in [-0.4, -0.2) is 59.2 Å². The van der Waals surface area contributed by atoms with Crippen molar-refractivity contribution in [1.82, 2.24) is 0 Å². The molecule has 2 rings (SSSR count). The highest BCUT2D eigenvalue weighted by atomic mass is 16.7. The number of aliphatic hydroxyl groups excluding tert-OH is 2. The third-order valence-corrected chi connectivity index (χ3v) is 3.84. The van der Waals surface area contributed by atoms with Crippen LogP contribution in [0.5, 0.6) is 0 Å². The first-order chi connectivity index (χ1) is 10.00. The Bertz CT molecular complexity index is 443. The summed E-state index contributed by atoms with van der Waals surface area (Å²) in [6, 6.07) is 9.43. The fourth-order valence-electron chi connectivity index (χ4n) is 2.70. The van der Waals surface area contributed by atoms with E-state index in [-0.39, 0.29) is 6.61 Å². The van der Waals surface area contributed by atoms with E-state index in [0.717, 1.165) is 5.56 Å². The zero-order valence-corrected chi connectivity index (χ0v) is 12.2. The number of aliphatic hydroxyl groups is 3. The number of rotatable bonds is 6. The SMILES string of the molecule is CO[C@H]1OC(CO)(CO)[C@@H](OCc2ccccc2)C1(C)O.